The number of aromatic nitrogens is 4. The van der Waals surface area contributed by atoms with Crippen molar-refractivity contribution in [2.24, 2.45) is 0 Å². The Morgan fingerprint density at radius 2 is 1.79 bits per heavy atom. The van der Waals surface area contributed by atoms with E-state index >= 15 is 0 Å². The summed E-state index contributed by atoms with van der Waals surface area (Å²) < 4.78 is 8.20. The molecule has 7 heteroatoms. The first-order valence-electron chi connectivity index (χ1n) is 11.2. The third kappa shape index (κ3) is 3.98. The molecule has 2 aromatic heterocycles. The maximum atomic E-state index is 10.6. The van der Waals surface area contributed by atoms with E-state index in [1.165, 1.54) is 11.8 Å². The Balaban J connectivity index is 1.17. The van der Waals surface area contributed by atoms with Crippen LogP contribution < -0.4 is 4.74 Å². The van der Waals surface area contributed by atoms with Gasteiger partial charge in [-0.3, -0.25) is 4.57 Å². The maximum absolute atomic E-state index is 10.6. The Labute approximate surface area is 195 Å². The molecule has 2 heterocycles. The molecule has 0 spiro atoms. The fourth-order valence-corrected chi connectivity index (χ4v) is 5.11. The SMILES string of the molecule is OC(COc1cccc2ccccc12)CSc1nnc(-c2c[nH]c3ccccc23)n1C1CC1. The van der Waals surface area contributed by atoms with Gasteiger partial charge in [0, 0.05) is 39.8 Å². The molecule has 0 saturated heterocycles. The van der Waals surface area contributed by atoms with E-state index < -0.39 is 6.10 Å². The highest BCUT2D eigenvalue weighted by atomic mass is 32.2. The predicted octanol–water partition coefficient (Wildman–Crippen LogP) is 5.45. The van der Waals surface area contributed by atoms with Crippen LogP contribution in [0.25, 0.3) is 33.1 Å². The van der Waals surface area contributed by atoms with Crippen molar-refractivity contribution in [3.05, 3.63) is 72.9 Å². The van der Waals surface area contributed by atoms with Crippen molar-refractivity contribution in [2.75, 3.05) is 12.4 Å². The molecule has 3 aromatic carbocycles. The van der Waals surface area contributed by atoms with E-state index in [1.54, 1.807) is 0 Å². The first-order valence-corrected chi connectivity index (χ1v) is 12.2. The molecule has 1 aliphatic carbocycles. The van der Waals surface area contributed by atoms with E-state index in [2.05, 4.69) is 44.0 Å². The number of nitrogens with one attached hydrogen (secondary N) is 1. The van der Waals surface area contributed by atoms with Crippen LogP contribution in [0.1, 0.15) is 18.9 Å². The average molecular weight is 457 g/mol. The molecule has 166 valence electrons. The van der Waals surface area contributed by atoms with Gasteiger partial charge in [0.1, 0.15) is 12.4 Å². The summed E-state index contributed by atoms with van der Waals surface area (Å²) in [5.41, 5.74) is 2.16. The highest BCUT2D eigenvalue weighted by molar-refractivity contribution is 7.99. The molecule has 0 radical (unpaired) electrons. The lowest BCUT2D eigenvalue weighted by molar-refractivity contribution is 0.127. The number of aliphatic hydroxyl groups is 1. The number of aliphatic hydroxyl groups excluding tert-OH is 1. The number of rotatable bonds is 8. The number of fused-ring (bicyclic) bond motifs is 2. The molecule has 6 nitrogen and oxygen atoms in total. The van der Waals surface area contributed by atoms with Gasteiger partial charge in [0.25, 0.3) is 0 Å². The highest BCUT2D eigenvalue weighted by Gasteiger charge is 2.31. The summed E-state index contributed by atoms with van der Waals surface area (Å²) in [5.74, 6) is 2.17. The van der Waals surface area contributed by atoms with E-state index in [0.717, 1.165) is 56.8 Å². The molecule has 33 heavy (non-hydrogen) atoms. The van der Waals surface area contributed by atoms with Gasteiger partial charge in [-0.15, -0.1) is 10.2 Å². The predicted molar refractivity (Wildman–Crippen MR) is 132 cm³/mol. The van der Waals surface area contributed by atoms with Crippen molar-refractivity contribution >= 4 is 33.4 Å². The second-order valence-electron chi connectivity index (χ2n) is 8.41. The van der Waals surface area contributed by atoms with E-state index in [4.69, 9.17) is 4.74 Å². The summed E-state index contributed by atoms with van der Waals surface area (Å²) in [7, 11) is 0. The topological polar surface area (TPSA) is 76.0 Å². The summed E-state index contributed by atoms with van der Waals surface area (Å²) in [6, 6.07) is 22.8. The molecule has 1 unspecified atom stereocenters. The largest absolute Gasteiger partial charge is 0.490 e. The first kappa shape index (κ1) is 20.3. The van der Waals surface area contributed by atoms with Gasteiger partial charge in [0.2, 0.25) is 0 Å². The van der Waals surface area contributed by atoms with Crippen molar-refractivity contribution < 1.29 is 9.84 Å². The Bertz CT molecular complexity index is 1420. The number of nitrogens with zero attached hydrogens (tertiary/aromatic N) is 3. The quantitative estimate of drug-likeness (QED) is 0.304. The third-order valence-corrected chi connectivity index (χ3v) is 7.08. The Hall–Kier alpha value is -3.29. The van der Waals surface area contributed by atoms with Crippen molar-refractivity contribution in [3.63, 3.8) is 0 Å². The van der Waals surface area contributed by atoms with Gasteiger partial charge in [0.05, 0.1) is 6.10 Å². The minimum atomic E-state index is -0.616. The summed E-state index contributed by atoms with van der Waals surface area (Å²) in [6.07, 6.45) is 3.66. The van der Waals surface area contributed by atoms with Crippen molar-refractivity contribution in [3.8, 4) is 17.1 Å². The minimum Gasteiger partial charge on any atom is -0.490 e. The van der Waals surface area contributed by atoms with E-state index in [9.17, 15) is 5.11 Å². The number of para-hydroxylation sites is 1. The minimum absolute atomic E-state index is 0.230. The van der Waals surface area contributed by atoms with Gasteiger partial charge in [-0.1, -0.05) is 66.4 Å². The lowest BCUT2D eigenvalue weighted by atomic mass is 10.1. The highest BCUT2D eigenvalue weighted by Crippen LogP contribution is 2.42. The van der Waals surface area contributed by atoms with Crippen LogP contribution in [-0.4, -0.2) is 43.3 Å². The molecule has 0 bridgehead atoms. The lowest BCUT2D eigenvalue weighted by Gasteiger charge is -2.14. The number of aromatic amines is 1. The number of thioether (sulfide) groups is 1. The zero-order valence-electron chi connectivity index (χ0n) is 18.0. The van der Waals surface area contributed by atoms with Crippen molar-refractivity contribution in [1.29, 1.82) is 0 Å². The van der Waals surface area contributed by atoms with Crippen LogP contribution in [0.4, 0.5) is 0 Å². The third-order valence-electron chi connectivity index (χ3n) is 5.99. The number of benzene rings is 3. The molecule has 0 amide bonds. The molecule has 1 fully saturated rings. The number of ether oxygens (including phenoxy) is 1. The number of H-pyrrole nitrogens is 1. The van der Waals surface area contributed by atoms with Crippen LogP contribution in [0.3, 0.4) is 0 Å². The summed E-state index contributed by atoms with van der Waals surface area (Å²) in [5, 5.41) is 23.8. The number of hydrogen-bond acceptors (Lipinski definition) is 5. The normalized spacial score (nSPS) is 14.7. The van der Waals surface area contributed by atoms with Gasteiger partial charge in [-0.05, 0) is 30.4 Å². The van der Waals surface area contributed by atoms with Gasteiger partial charge >= 0.3 is 0 Å². The molecule has 2 N–H and O–H groups in total. The van der Waals surface area contributed by atoms with Crippen LogP contribution in [0.15, 0.2) is 78.1 Å². The fraction of sp³-hybridized carbons (Fsp3) is 0.231. The summed E-state index contributed by atoms with van der Waals surface area (Å²) in [4.78, 5) is 3.33. The van der Waals surface area contributed by atoms with Crippen molar-refractivity contribution in [1.82, 2.24) is 19.7 Å². The zero-order valence-corrected chi connectivity index (χ0v) is 18.8. The molecule has 6 rings (SSSR count). The fourth-order valence-electron chi connectivity index (χ4n) is 4.20. The second-order valence-corrected chi connectivity index (χ2v) is 9.40. The standard InChI is InChI=1S/C26H24N4O2S/c31-19(15-32-24-11-5-7-17-6-1-2-8-20(17)24)16-33-26-29-28-25(30(26)18-12-13-18)22-14-27-23-10-4-3-9-21(22)23/h1-11,14,18-19,27,31H,12-13,15-16H2. The van der Waals surface area contributed by atoms with Crippen LogP contribution >= 0.6 is 11.8 Å². The van der Waals surface area contributed by atoms with Crippen LogP contribution in [0, 0.1) is 0 Å². The second kappa shape index (κ2) is 8.57. The maximum Gasteiger partial charge on any atom is 0.191 e. The summed E-state index contributed by atoms with van der Waals surface area (Å²) >= 11 is 1.53. The van der Waals surface area contributed by atoms with E-state index in [1.807, 2.05) is 48.7 Å². The van der Waals surface area contributed by atoms with E-state index in [0.29, 0.717) is 11.8 Å². The van der Waals surface area contributed by atoms with Crippen LogP contribution in [0.2, 0.25) is 0 Å². The molecule has 1 saturated carbocycles. The first-order chi connectivity index (χ1) is 16.3. The van der Waals surface area contributed by atoms with Gasteiger partial charge in [-0.2, -0.15) is 0 Å². The molecule has 1 aliphatic rings. The van der Waals surface area contributed by atoms with Gasteiger partial charge in [0.15, 0.2) is 11.0 Å². The lowest BCUT2D eigenvalue weighted by Crippen LogP contribution is -2.20. The Kier molecular flexibility index (Phi) is 5.28. The van der Waals surface area contributed by atoms with E-state index in [-0.39, 0.29) is 6.61 Å². The molecule has 0 aliphatic heterocycles. The average Bonchev–Trinajstić information content (AvgIpc) is 3.46. The molecular formula is C26H24N4O2S. The van der Waals surface area contributed by atoms with Gasteiger partial charge < -0.3 is 14.8 Å². The molecule has 1 atom stereocenters. The van der Waals surface area contributed by atoms with Crippen LogP contribution in [-0.2, 0) is 0 Å². The molecule has 5 aromatic rings. The Morgan fingerprint density at radius 3 is 2.67 bits per heavy atom. The van der Waals surface area contributed by atoms with Crippen LogP contribution in [0.5, 0.6) is 5.75 Å². The summed E-state index contributed by atoms with van der Waals surface area (Å²) in [6.45, 7) is 0.230. The monoisotopic (exact) mass is 456 g/mol. The number of hydrogen-bond donors (Lipinski definition) is 2. The van der Waals surface area contributed by atoms with Crippen molar-refractivity contribution in [2.45, 2.75) is 30.1 Å². The molecular weight excluding hydrogens is 432 g/mol. The zero-order chi connectivity index (χ0) is 22.2. The Morgan fingerprint density at radius 1 is 1.00 bits per heavy atom. The van der Waals surface area contributed by atoms with Gasteiger partial charge in [-0.25, -0.2) is 0 Å². The smallest absolute Gasteiger partial charge is 0.191 e.